The highest BCUT2D eigenvalue weighted by Crippen LogP contribution is 2.26. The zero-order valence-corrected chi connectivity index (χ0v) is 16.5. The van der Waals surface area contributed by atoms with Gasteiger partial charge in [0.15, 0.2) is 0 Å². The smallest absolute Gasteiger partial charge is 0.241 e. The Bertz CT molecular complexity index is 957. The molecule has 5 nitrogen and oxygen atoms in total. The number of methoxy groups -OCH3 is 1. The summed E-state index contributed by atoms with van der Waals surface area (Å²) in [4.78, 5) is 19.3. The van der Waals surface area contributed by atoms with E-state index < -0.39 is 0 Å². The van der Waals surface area contributed by atoms with Crippen LogP contribution in [0.25, 0.3) is 11.1 Å². The van der Waals surface area contributed by atoms with Gasteiger partial charge in [-0.05, 0) is 66.4 Å². The monoisotopic (exact) mass is 387 g/mol. The number of hydrogen-bond acceptors (Lipinski definition) is 4. The molecule has 3 aromatic rings. The third kappa shape index (κ3) is 4.63. The molecule has 1 N–H and O–H groups in total. The minimum absolute atomic E-state index is 0.0560. The molecule has 0 aliphatic carbocycles. The molecule has 4 rings (SSSR count). The highest BCUT2D eigenvalue weighted by Gasteiger charge is 2.30. The molecule has 0 radical (unpaired) electrons. The summed E-state index contributed by atoms with van der Waals surface area (Å²) >= 11 is 0. The Morgan fingerprint density at radius 1 is 1.14 bits per heavy atom. The standard InChI is InChI=1S/C24H25N3O2/c1-29-22-7-2-6-20(15-22)19-9-11-21(12-10-19)26-24(28)23-8-4-14-27(23)17-18-5-3-13-25-16-18/h2-3,5-7,9-13,15-16,23H,4,8,14,17H2,1H3,(H,26,28). The van der Waals surface area contributed by atoms with Crippen LogP contribution in [0.1, 0.15) is 18.4 Å². The first-order chi connectivity index (χ1) is 14.2. The van der Waals surface area contributed by atoms with E-state index in [0.717, 1.165) is 54.1 Å². The number of nitrogens with zero attached hydrogens (tertiary/aromatic N) is 2. The van der Waals surface area contributed by atoms with Crippen LogP contribution in [0.15, 0.2) is 73.1 Å². The molecule has 1 saturated heterocycles. The highest BCUT2D eigenvalue weighted by atomic mass is 16.5. The SMILES string of the molecule is COc1cccc(-c2ccc(NC(=O)C3CCCN3Cc3cccnc3)cc2)c1. The minimum atomic E-state index is -0.103. The molecule has 2 aromatic carbocycles. The van der Waals surface area contributed by atoms with Crippen LogP contribution in [-0.2, 0) is 11.3 Å². The lowest BCUT2D eigenvalue weighted by atomic mass is 10.0. The summed E-state index contributed by atoms with van der Waals surface area (Å²) in [5.74, 6) is 0.885. The van der Waals surface area contributed by atoms with E-state index in [2.05, 4.69) is 21.3 Å². The van der Waals surface area contributed by atoms with E-state index in [1.54, 1.807) is 13.3 Å². The van der Waals surface area contributed by atoms with Crippen LogP contribution < -0.4 is 10.1 Å². The average Bonchev–Trinajstić information content (AvgIpc) is 3.23. The summed E-state index contributed by atoms with van der Waals surface area (Å²) < 4.78 is 5.30. The van der Waals surface area contributed by atoms with E-state index in [9.17, 15) is 4.79 Å². The maximum absolute atomic E-state index is 12.9. The van der Waals surface area contributed by atoms with Crippen molar-refractivity contribution in [1.29, 1.82) is 0 Å². The maximum atomic E-state index is 12.9. The molecule has 1 aliphatic rings. The molecule has 0 bridgehead atoms. The van der Waals surface area contributed by atoms with Gasteiger partial charge in [0.05, 0.1) is 13.2 Å². The van der Waals surface area contributed by atoms with Crippen LogP contribution in [0.5, 0.6) is 5.75 Å². The van der Waals surface area contributed by atoms with Crippen molar-refractivity contribution in [2.75, 3.05) is 19.0 Å². The van der Waals surface area contributed by atoms with Gasteiger partial charge < -0.3 is 10.1 Å². The van der Waals surface area contributed by atoms with E-state index >= 15 is 0 Å². The number of benzene rings is 2. The molecular formula is C24H25N3O2. The predicted octanol–water partition coefficient (Wildman–Crippen LogP) is 4.36. The highest BCUT2D eigenvalue weighted by molar-refractivity contribution is 5.95. The number of nitrogens with one attached hydrogen (secondary N) is 1. The summed E-state index contributed by atoms with van der Waals surface area (Å²) in [6.07, 6.45) is 5.55. The van der Waals surface area contributed by atoms with E-state index in [-0.39, 0.29) is 11.9 Å². The summed E-state index contributed by atoms with van der Waals surface area (Å²) in [5, 5.41) is 3.08. The number of rotatable bonds is 6. The zero-order chi connectivity index (χ0) is 20.1. The maximum Gasteiger partial charge on any atom is 0.241 e. The molecule has 1 aromatic heterocycles. The van der Waals surface area contributed by atoms with Gasteiger partial charge in [0.25, 0.3) is 0 Å². The lowest BCUT2D eigenvalue weighted by Crippen LogP contribution is -2.39. The molecule has 1 fully saturated rings. The predicted molar refractivity (Wildman–Crippen MR) is 115 cm³/mol. The number of hydrogen-bond donors (Lipinski definition) is 1. The van der Waals surface area contributed by atoms with Crippen molar-refractivity contribution in [2.24, 2.45) is 0 Å². The van der Waals surface area contributed by atoms with E-state index in [1.807, 2.05) is 60.8 Å². The Kier molecular flexibility index (Phi) is 5.86. The Morgan fingerprint density at radius 2 is 2.00 bits per heavy atom. The largest absolute Gasteiger partial charge is 0.497 e. The van der Waals surface area contributed by atoms with Gasteiger partial charge >= 0.3 is 0 Å². The molecule has 1 atom stereocenters. The van der Waals surface area contributed by atoms with Crippen molar-refractivity contribution in [3.8, 4) is 16.9 Å². The van der Waals surface area contributed by atoms with Gasteiger partial charge in [-0.15, -0.1) is 0 Å². The summed E-state index contributed by atoms with van der Waals surface area (Å²) in [7, 11) is 1.67. The first-order valence-corrected chi connectivity index (χ1v) is 9.91. The van der Waals surface area contributed by atoms with Gasteiger partial charge in [-0.3, -0.25) is 14.7 Å². The van der Waals surface area contributed by atoms with Crippen molar-refractivity contribution < 1.29 is 9.53 Å². The van der Waals surface area contributed by atoms with E-state index in [1.165, 1.54) is 0 Å². The Balaban J connectivity index is 1.41. The fourth-order valence-corrected chi connectivity index (χ4v) is 3.81. The van der Waals surface area contributed by atoms with Crippen LogP contribution in [0.4, 0.5) is 5.69 Å². The normalized spacial score (nSPS) is 16.5. The van der Waals surface area contributed by atoms with Gasteiger partial charge in [-0.25, -0.2) is 0 Å². The lowest BCUT2D eigenvalue weighted by molar-refractivity contribution is -0.120. The van der Waals surface area contributed by atoms with Crippen molar-refractivity contribution in [2.45, 2.75) is 25.4 Å². The number of carbonyl (C=O) groups is 1. The second kappa shape index (κ2) is 8.88. The first kappa shape index (κ1) is 19.2. The van der Waals surface area contributed by atoms with Gasteiger partial charge in [-0.1, -0.05) is 30.3 Å². The zero-order valence-electron chi connectivity index (χ0n) is 16.5. The molecule has 2 heterocycles. The van der Waals surface area contributed by atoms with E-state index in [0.29, 0.717) is 0 Å². The van der Waals surface area contributed by atoms with Crippen LogP contribution >= 0.6 is 0 Å². The van der Waals surface area contributed by atoms with Crippen LogP contribution in [0.2, 0.25) is 0 Å². The number of ether oxygens (including phenoxy) is 1. The van der Waals surface area contributed by atoms with Crippen LogP contribution in [-0.4, -0.2) is 35.5 Å². The number of amides is 1. The van der Waals surface area contributed by atoms with Crippen LogP contribution in [0, 0.1) is 0 Å². The second-order valence-corrected chi connectivity index (χ2v) is 7.29. The van der Waals surface area contributed by atoms with Crippen molar-refractivity contribution >= 4 is 11.6 Å². The number of carbonyl (C=O) groups excluding carboxylic acids is 1. The molecule has 0 spiro atoms. The summed E-state index contributed by atoms with van der Waals surface area (Å²) in [6, 6.07) is 19.8. The lowest BCUT2D eigenvalue weighted by Gasteiger charge is -2.23. The third-order valence-corrected chi connectivity index (χ3v) is 5.33. The van der Waals surface area contributed by atoms with Gasteiger partial charge in [0.2, 0.25) is 5.91 Å². The number of anilines is 1. The first-order valence-electron chi connectivity index (χ1n) is 9.91. The third-order valence-electron chi connectivity index (χ3n) is 5.33. The molecule has 1 unspecified atom stereocenters. The van der Waals surface area contributed by atoms with Crippen LogP contribution in [0.3, 0.4) is 0 Å². The number of pyridine rings is 1. The quantitative estimate of drug-likeness (QED) is 0.683. The van der Waals surface area contributed by atoms with Gasteiger partial charge in [0, 0.05) is 24.6 Å². The minimum Gasteiger partial charge on any atom is -0.497 e. The topological polar surface area (TPSA) is 54.5 Å². The van der Waals surface area contributed by atoms with Crippen molar-refractivity contribution in [3.05, 3.63) is 78.6 Å². The molecule has 5 heteroatoms. The molecular weight excluding hydrogens is 362 g/mol. The molecule has 29 heavy (non-hydrogen) atoms. The molecule has 148 valence electrons. The Labute approximate surface area is 171 Å². The number of aromatic nitrogens is 1. The fourth-order valence-electron chi connectivity index (χ4n) is 3.81. The summed E-state index contributed by atoms with van der Waals surface area (Å²) in [6.45, 7) is 1.68. The number of likely N-dealkylation sites (tertiary alicyclic amines) is 1. The van der Waals surface area contributed by atoms with E-state index in [4.69, 9.17) is 4.74 Å². The Morgan fingerprint density at radius 3 is 2.76 bits per heavy atom. The van der Waals surface area contributed by atoms with Crippen molar-refractivity contribution in [3.63, 3.8) is 0 Å². The Hall–Kier alpha value is -3.18. The van der Waals surface area contributed by atoms with Gasteiger partial charge in [-0.2, -0.15) is 0 Å². The van der Waals surface area contributed by atoms with Gasteiger partial charge in [0.1, 0.15) is 5.75 Å². The fraction of sp³-hybridized carbons (Fsp3) is 0.250. The van der Waals surface area contributed by atoms with Crippen molar-refractivity contribution in [1.82, 2.24) is 9.88 Å². The second-order valence-electron chi connectivity index (χ2n) is 7.29. The average molecular weight is 387 g/mol. The molecule has 1 amide bonds. The molecule has 0 saturated carbocycles. The summed E-state index contributed by atoms with van der Waals surface area (Å²) in [5.41, 5.74) is 4.12. The molecule has 1 aliphatic heterocycles.